The van der Waals surface area contributed by atoms with Crippen LogP contribution >= 0.6 is 0 Å². The van der Waals surface area contributed by atoms with Gasteiger partial charge in [0, 0.05) is 6.20 Å². The van der Waals surface area contributed by atoms with Gasteiger partial charge in [-0.3, -0.25) is 4.98 Å². The van der Waals surface area contributed by atoms with E-state index in [1.54, 1.807) is 7.11 Å². The van der Waals surface area contributed by atoms with E-state index in [2.05, 4.69) is 24.1 Å². The Hall–Kier alpha value is -1.09. The molecule has 0 bridgehead atoms. The van der Waals surface area contributed by atoms with Crippen molar-refractivity contribution in [2.75, 3.05) is 14.2 Å². The van der Waals surface area contributed by atoms with Gasteiger partial charge in [0.15, 0.2) is 0 Å². The fourth-order valence-electron chi connectivity index (χ4n) is 3.16. The van der Waals surface area contributed by atoms with Gasteiger partial charge in [-0.05, 0) is 56.2 Å². The maximum absolute atomic E-state index is 5.46. The molecule has 3 heteroatoms. The SMILES string of the molecule is CNC(c1ncccc1OC)C1CCC(C)(C)CC1. The standard InChI is InChI=1S/C16H26N2O/c1-16(2)9-7-12(8-10-16)14(17-3)15-13(19-4)6-5-11-18-15/h5-6,11-12,14,17H,7-10H2,1-4H3. The van der Waals surface area contributed by atoms with E-state index < -0.39 is 0 Å². The van der Waals surface area contributed by atoms with E-state index in [4.69, 9.17) is 4.74 Å². The van der Waals surface area contributed by atoms with Crippen LogP contribution in [-0.2, 0) is 0 Å². The van der Waals surface area contributed by atoms with E-state index in [9.17, 15) is 0 Å². The Bertz CT molecular complexity index is 407. The predicted molar refractivity (Wildman–Crippen MR) is 78.3 cm³/mol. The second-order valence-electron chi connectivity index (χ2n) is 6.36. The molecule has 1 aliphatic rings. The van der Waals surface area contributed by atoms with Gasteiger partial charge in [-0.25, -0.2) is 0 Å². The number of methoxy groups -OCH3 is 1. The first-order chi connectivity index (χ1) is 9.07. The molecule has 1 N–H and O–H groups in total. The van der Waals surface area contributed by atoms with Crippen molar-refractivity contribution in [1.29, 1.82) is 0 Å². The Balaban J connectivity index is 2.16. The minimum Gasteiger partial charge on any atom is -0.495 e. The lowest BCUT2D eigenvalue weighted by atomic mass is 9.70. The van der Waals surface area contributed by atoms with Crippen LogP contribution in [-0.4, -0.2) is 19.1 Å². The molecule has 0 amide bonds. The van der Waals surface area contributed by atoms with E-state index in [-0.39, 0.29) is 0 Å². The van der Waals surface area contributed by atoms with Gasteiger partial charge in [-0.2, -0.15) is 0 Å². The van der Waals surface area contributed by atoms with Gasteiger partial charge < -0.3 is 10.1 Å². The summed E-state index contributed by atoms with van der Waals surface area (Å²) in [5, 5.41) is 3.45. The first-order valence-corrected chi connectivity index (χ1v) is 7.23. The number of nitrogens with zero attached hydrogens (tertiary/aromatic N) is 1. The zero-order valence-corrected chi connectivity index (χ0v) is 12.6. The highest BCUT2D eigenvalue weighted by Crippen LogP contribution is 2.43. The van der Waals surface area contributed by atoms with Crippen molar-refractivity contribution >= 4 is 0 Å². The average molecular weight is 262 g/mol. The van der Waals surface area contributed by atoms with Crippen LogP contribution in [0.3, 0.4) is 0 Å². The predicted octanol–water partition coefficient (Wildman–Crippen LogP) is 3.57. The van der Waals surface area contributed by atoms with Crippen molar-refractivity contribution in [3.8, 4) is 5.75 Å². The van der Waals surface area contributed by atoms with Gasteiger partial charge in [0.2, 0.25) is 0 Å². The summed E-state index contributed by atoms with van der Waals surface area (Å²) in [5.41, 5.74) is 1.56. The van der Waals surface area contributed by atoms with Crippen LogP contribution < -0.4 is 10.1 Å². The molecular formula is C16H26N2O. The van der Waals surface area contributed by atoms with Crippen molar-refractivity contribution in [3.63, 3.8) is 0 Å². The molecule has 0 radical (unpaired) electrons. The highest BCUT2D eigenvalue weighted by atomic mass is 16.5. The number of aromatic nitrogens is 1. The molecular weight excluding hydrogens is 236 g/mol. The molecule has 19 heavy (non-hydrogen) atoms. The molecule has 0 aliphatic heterocycles. The van der Waals surface area contributed by atoms with E-state index in [1.165, 1.54) is 25.7 Å². The van der Waals surface area contributed by atoms with E-state index in [0.29, 0.717) is 17.4 Å². The van der Waals surface area contributed by atoms with Crippen LogP contribution in [0.5, 0.6) is 5.75 Å². The third-order valence-corrected chi connectivity index (χ3v) is 4.48. The van der Waals surface area contributed by atoms with E-state index >= 15 is 0 Å². The van der Waals surface area contributed by atoms with Crippen molar-refractivity contribution in [1.82, 2.24) is 10.3 Å². The Morgan fingerprint density at radius 1 is 1.37 bits per heavy atom. The summed E-state index contributed by atoms with van der Waals surface area (Å²) in [6.45, 7) is 4.75. The number of ether oxygens (including phenoxy) is 1. The van der Waals surface area contributed by atoms with Gasteiger partial charge in [0.05, 0.1) is 18.8 Å². The second-order valence-corrected chi connectivity index (χ2v) is 6.36. The van der Waals surface area contributed by atoms with Crippen molar-refractivity contribution in [2.24, 2.45) is 11.3 Å². The lowest BCUT2D eigenvalue weighted by molar-refractivity contribution is 0.161. The summed E-state index contributed by atoms with van der Waals surface area (Å²) in [7, 11) is 3.75. The highest BCUT2D eigenvalue weighted by molar-refractivity contribution is 5.30. The maximum Gasteiger partial charge on any atom is 0.141 e. The minimum atomic E-state index is 0.298. The molecule has 3 nitrogen and oxygen atoms in total. The summed E-state index contributed by atoms with van der Waals surface area (Å²) in [6.07, 6.45) is 6.97. The van der Waals surface area contributed by atoms with Crippen LogP contribution in [0.4, 0.5) is 0 Å². The Morgan fingerprint density at radius 2 is 2.05 bits per heavy atom. The van der Waals surface area contributed by atoms with Crippen molar-refractivity contribution in [2.45, 2.75) is 45.6 Å². The van der Waals surface area contributed by atoms with Crippen LogP contribution in [0.1, 0.15) is 51.3 Å². The largest absolute Gasteiger partial charge is 0.495 e. The molecule has 1 aromatic rings. The van der Waals surface area contributed by atoms with Crippen LogP contribution in [0.25, 0.3) is 0 Å². The van der Waals surface area contributed by atoms with Crippen molar-refractivity contribution < 1.29 is 4.74 Å². The summed E-state index contributed by atoms with van der Waals surface area (Å²) in [5.74, 6) is 1.55. The molecule has 1 atom stereocenters. The van der Waals surface area contributed by atoms with E-state index in [0.717, 1.165) is 11.4 Å². The van der Waals surface area contributed by atoms with Gasteiger partial charge in [-0.15, -0.1) is 0 Å². The lowest BCUT2D eigenvalue weighted by Crippen LogP contribution is -2.31. The minimum absolute atomic E-state index is 0.298. The zero-order chi connectivity index (χ0) is 13.9. The molecule has 2 rings (SSSR count). The van der Waals surface area contributed by atoms with Crippen molar-refractivity contribution in [3.05, 3.63) is 24.0 Å². The van der Waals surface area contributed by atoms with Gasteiger partial charge >= 0.3 is 0 Å². The highest BCUT2D eigenvalue weighted by Gasteiger charge is 2.33. The summed E-state index contributed by atoms with van der Waals surface area (Å²) in [6, 6.07) is 4.23. The fourth-order valence-corrected chi connectivity index (χ4v) is 3.16. The van der Waals surface area contributed by atoms with Crippen LogP contribution in [0, 0.1) is 11.3 Å². The molecule has 1 aromatic heterocycles. The van der Waals surface area contributed by atoms with E-state index in [1.807, 2.05) is 25.4 Å². The maximum atomic E-state index is 5.46. The molecule has 0 spiro atoms. The quantitative estimate of drug-likeness (QED) is 0.900. The second kappa shape index (κ2) is 5.91. The summed E-state index contributed by atoms with van der Waals surface area (Å²) in [4.78, 5) is 4.54. The molecule has 1 aliphatic carbocycles. The fraction of sp³-hybridized carbons (Fsp3) is 0.688. The number of hydrogen-bond donors (Lipinski definition) is 1. The van der Waals surface area contributed by atoms with Gasteiger partial charge in [0.1, 0.15) is 5.75 Å². The van der Waals surface area contributed by atoms with Crippen LogP contribution in [0.15, 0.2) is 18.3 Å². The molecule has 0 saturated heterocycles. The first-order valence-electron chi connectivity index (χ1n) is 7.23. The number of rotatable bonds is 4. The molecule has 106 valence electrons. The monoisotopic (exact) mass is 262 g/mol. The van der Waals surface area contributed by atoms with Gasteiger partial charge in [0.25, 0.3) is 0 Å². The lowest BCUT2D eigenvalue weighted by Gasteiger charge is -2.38. The first kappa shape index (κ1) is 14.3. The Morgan fingerprint density at radius 3 is 2.63 bits per heavy atom. The number of pyridine rings is 1. The topological polar surface area (TPSA) is 34.2 Å². The summed E-state index contributed by atoms with van der Waals surface area (Å²) >= 11 is 0. The molecule has 1 heterocycles. The molecule has 0 aromatic carbocycles. The Kier molecular flexibility index (Phi) is 4.46. The average Bonchev–Trinajstić information content (AvgIpc) is 2.42. The molecule has 1 saturated carbocycles. The van der Waals surface area contributed by atoms with Crippen LogP contribution in [0.2, 0.25) is 0 Å². The smallest absolute Gasteiger partial charge is 0.141 e. The van der Waals surface area contributed by atoms with Gasteiger partial charge in [-0.1, -0.05) is 13.8 Å². The zero-order valence-electron chi connectivity index (χ0n) is 12.6. The summed E-state index contributed by atoms with van der Waals surface area (Å²) < 4.78 is 5.46. The third-order valence-electron chi connectivity index (χ3n) is 4.48. The molecule has 1 fully saturated rings. The third kappa shape index (κ3) is 3.27. The Labute approximate surface area is 116 Å². The number of nitrogens with one attached hydrogen (secondary N) is 1. The number of hydrogen-bond acceptors (Lipinski definition) is 3. The molecule has 1 unspecified atom stereocenters. The normalized spacial score (nSPS) is 21.1.